The molecule has 0 radical (unpaired) electrons. The van der Waals surface area contributed by atoms with Crippen LogP contribution in [0, 0.1) is 5.92 Å². The summed E-state index contributed by atoms with van der Waals surface area (Å²) in [5.41, 5.74) is 11.6. The fourth-order valence-electron chi connectivity index (χ4n) is 8.01. The van der Waals surface area contributed by atoms with Gasteiger partial charge in [-0.3, -0.25) is 48.1 Å². The molecule has 0 unspecified atom stereocenters. The van der Waals surface area contributed by atoms with Gasteiger partial charge in [-0.15, -0.1) is 0 Å². The molecule has 12 N–H and O–H groups in total. The van der Waals surface area contributed by atoms with E-state index < -0.39 is 109 Å². The average Bonchev–Trinajstić information content (AvgIpc) is 3.83. The second-order valence-corrected chi connectivity index (χ2v) is 17.4. The fourth-order valence-corrected chi connectivity index (χ4v) is 8.01. The van der Waals surface area contributed by atoms with Gasteiger partial charge in [-0.25, -0.2) is 0 Å². The summed E-state index contributed by atoms with van der Waals surface area (Å²) in [6.45, 7) is 4.87. The van der Waals surface area contributed by atoms with E-state index in [0.717, 1.165) is 17.2 Å². The maximum atomic E-state index is 14.5. The summed E-state index contributed by atoms with van der Waals surface area (Å²) in [4.78, 5) is 126. The monoisotopic (exact) mass is 935 g/mol. The zero-order valence-electron chi connectivity index (χ0n) is 38.4. The number of carbonyl (C=O) groups is 9. The number of aliphatic carboxylic acids is 2. The van der Waals surface area contributed by atoms with Gasteiger partial charge in [0, 0.05) is 26.6 Å². The summed E-state index contributed by atoms with van der Waals surface area (Å²) in [5, 5.41) is 36.9. The number of nitrogens with two attached hydrogens (primary N) is 2. The molecule has 7 atom stereocenters. The largest absolute Gasteiger partial charge is 0.481 e. The first-order valence-corrected chi connectivity index (χ1v) is 22.5. The summed E-state index contributed by atoms with van der Waals surface area (Å²) in [6.07, 6.45) is 1.73. The summed E-state index contributed by atoms with van der Waals surface area (Å²) >= 11 is 0. The molecule has 22 heteroatoms. The van der Waals surface area contributed by atoms with Crippen LogP contribution >= 0.6 is 0 Å². The van der Waals surface area contributed by atoms with Crippen molar-refractivity contribution in [1.82, 2.24) is 41.7 Å². The molecule has 4 rings (SSSR count). The van der Waals surface area contributed by atoms with E-state index in [0.29, 0.717) is 31.4 Å². The Morgan fingerprint density at radius 2 is 1.52 bits per heavy atom. The number of hydrogen-bond acceptors (Lipinski definition) is 11. The van der Waals surface area contributed by atoms with E-state index in [9.17, 15) is 53.4 Å². The highest BCUT2D eigenvalue weighted by Gasteiger charge is 2.39. The minimum Gasteiger partial charge on any atom is -0.481 e. The van der Waals surface area contributed by atoms with Crippen LogP contribution in [-0.4, -0.2) is 155 Å². The minimum atomic E-state index is -1.59. The maximum absolute atomic E-state index is 14.5. The molecule has 2 saturated heterocycles. The molecule has 2 heterocycles. The predicted octanol–water partition coefficient (Wildman–Crippen LogP) is -1.31. The highest BCUT2D eigenvalue weighted by atomic mass is 16.4. The number of guanidine groups is 1. The van der Waals surface area contributed by atoms with Crippen molar-refractivity contribution < 1.29 is 53.4 Å². The Hall–Kier alpha value is -6.84. The Kier molecular flexibility index (Phi) is 19.8. The number of rotatable bonds is 23. The zero-order chi connectivity index (χ0) is 49.4. The number of likely N-dealkylation sites (tertiary alicyclic amines) is 1. The lowest BCUT2D eigenvalue weighted by molar-refractivity contribution is -0.149. The van der Waals surface area contributed by atoms with Crippen LogP contribution in [0.2, 0.25) is 0 Å². The molecular weight excluding hydrogens is 871 g/mol. The Morgan fingerprint density at radius 3 is 2.16 bits per heavy atom. The van der Waals surface area contributed by atoms with Crippen molar-refractivity contribution >= 4 is 70.0 Å². The molecule has 366 valence electrons. The van der Waals surface area contributed by atoms with E-state index in [2.05, 4.69) is 36.9 Å². The number of fused-ring (bicyclic) bond motifs is 1. The van der Waals surface area contributed by atoms with E-state index in [-0.39, 0.29) is 50.6 Å². The van der Waals surface area contributed by atoms with E-state index in [1.807, 2.05) is 36.4 Å². The van der Waals surface area contributed by atoms with Gasteiger partial charge in [0.05, 0.1) is 19.0 Å². The number of aliphatic imine (C=N–C) groups is 1. The molecule has 67 heavy (non-hydrogen) atoms. The van der Waals surface area contributed by atoms with Gasteiger partial charge in [0.25, 0.3) is 0 Å². The van der Waals surface area contributed by atoms with Crippen LogP contribution in [0.25, 0.3) is 10.8 Å². The van der Waals surface area contributed by atoms with E-state index in [1.165, 1.54) is 23.8 Å². The molecule has 0 bridgehead atoms. The lowest BCUT2D eigenvalue weighted by Gasteiger charge is -2.37. The van der Waals surface area contributed by atoms with Crippen molar-refractivity contribution in [2.45, 2.75) is 121 Å². The van der Waals surface area contributed by atoms with Crippen molar-refractivity contribution in [2.75, 3.05) is 33.2 Å². The molecule has 22 nitrogen and oxygen atoms in total. The smallest absolute Gasteiger partial charge is 0.325 e. The normalized spacial score (nSPS) is 18.0. The van der Waals surface area contributed by atoms with Crippen molar-refractivity contribution in [3.63, 3.8) is 0 Å². The van der Waals surface area contributed by atoms with E-state index in [4.69, 9.17) is 11.5 Å². The second-order valence-electron chi connectivity index (χ2n) is 17.4. The van der Waals surface area contributed by atoms with Crippen LogP contribution < -0.4 is 43.4 Å². The first kappa shape index (κ1) is 52.8. The number of likely N-dealkylation sites (N-methyl/N-ethyl adjacent to an activating group) is 1. The number of piperidine rings is 1. The number of hydrogen-bond donors (Lipinski definition) is 10. The molecule has 0 spiro atoms. The van der Waals surface area contributed by atoms with Crippen LogP contribution in [-0.2, 0) is 49.6 Å². The molecular formula is C45H65N11O11. The van der Waals surface area contributed by atoms with Crippen molar-refractivity contribution in [2.24, 2.45) is 22.4 Å². The van der Waals surface area contributed by atoms with Crippen molar-refractivity contribution in [3.05, 3.63) is 48.0 Å². The van der Waals surface area contributed by atoms with Gasteiger partial charge in [0.2, 0.25) is 41.4 Å². The van der Waals surface area contributed by atoms with E-state index >= 15 is 0 Å². The quantitative estimate of drug-likeness (QED) is 0.0352. The van der Waals surface area contributed by atoms with Crippen LogP contribution in [0.15, 0.2) is 47.5 Å². The number of carbonyl (C=O) groups excluding carboxylic acids is 7. The Bertz CT molecular complexity index is 2160. The summed E-state index contributed by atoms with van der Waals surface area (Å²) in [5.74, 6) is -8.43. The minimum absolute atomic E-state index is 0.0318. The number of nitrogens with one attached hydrogen (secondary N) is 6. The van der Waals surface area contributed by atoms with Crippen LogP contribution in [0.3, 0.4) is 0 Å². The zero-order valence-corrected chi connectivity index (χ0v) is 38.4. The fraction of sp³-hybridized carbons (Fsp3) is 0.556. The van der Waals surface area contributed by atoms with E-state index in [1.54, 1.807) is 19.9 Å². The summed E-state index contributed by atoms with van der Waals surface area (Å²) in [6, 6.07) is 4.57. The third-order valence-electron chi connectivity index (χ3n) is 11.7. The molecule has 0 saturated carbocycles. The number of nitrogens with zero attached hydrogens (tertiary/aromatic N) is 3. The van der Waals surface area contributed by atoms with Gasteiger partial charge in [-0.05, 0) is 80.7 Å². The number of amides is 7. The average molecular weight is 936 g/mol. The highest BCUT2D eigenvalue weighted by molar-refractivity contribution is 5.98. The van der Waals surface area contributed by atoms with Crippen LogP contribution in [0.1, 0.15) is 77.7 Å². The SMILES string of the molecule is CC(C)[C@H](NC(=O)[C@H](CCCN=C(N)N)NC(=O)[C@H](Cc1ccc2ccccc2c1)NC(=O)[C@@H]1CCCCN1C(=O)[C@@H](CC(=O)O)NC(=O)CN(C)C(=O)[C@@H]1CCCN1)C(=O)N[C@H](C)C(=O)O. The van der Waals surface area contributed by atoms with Gasteiger partial charge < -0.3 is 63.4 Å². The van der Waals surface area contributed by atoms with Gasteiger partial charge in [0.1, 0.15) is 36.3 Å². The standard InChI is InChI=1S/C45H65N11O11/c1-25(2)37(41(63)50-26(3)44(66)67)54-38(60)30(13-9-19-49-45(46)47)52-39(61)32(22-27-16-17-28-11-5-6-12-29(28)21-27)53-40(62)34-15-7-8-20-56(34)43(65)33(23-36(58)59)51-35(57)24-55(4)42(64)31-14-10-18-48-31/h5-6,11-12,16-17,21,25-26,30-34,37,48H,7-10,13-15,18-20,22-24H2,1-4H3,(H,50,63)(H,51,57)(H,52,61)(H,53,62)(H,54,60)(H,58,59)(H,66,67)(H4,46,47,49)/t26-,30+,31+,32+,33-,34+,37+/m1/s1. The van der Waals surface area contributed by atoms with Crippen LogP contribution in [0.5, 0.6) is 0 Å². The van der Waals surface area contributed by atoms with Gasteiger partial charge in [0.15, 0.2) is 5.96 Å². The maximum Gasteiger partial charge on any atom is 0.325 e. The summed E-state index contributed by atoms with van der Waals surface area (Å²) < 4.78 is 0. The van der Waals surface area contributed by atoms with Crippen LogP contribution in [0.4, 0.5) is 0 Å². The first-order valence-electron chi connectivity index (χ1n) is 22.5. The van der Waals surface area contributed by atoms with Gasteiger partial charge >= 0.3 is 11.9 Å². The molecule has 7 amide bonds. The summed E-state index contributed by atoms with van der Waals surface area (Å²) in [7, 11) is 1.43. The highest BCUT2D eigenvalue weighted by Crippen LogP contribution is 2.21. The molecule has 2 aliphatic rings. The Morgan fingerprint density at radius 1 is 0.821 bits per heavy atom. The topological polar surface area (TPSA) is 337 Å². The third kappa shape index (κ3) is 15.9. The Balaban J connectivity index is 1.61. The molecule has 2 aromatic rings. The lowest BCUT2D eigenvalue weighted by Crippen LogP contribution is -2.61. The molecule has 0 aromatic heterocycles. The van der Waals surface area contributed by atoms with Crippen molar-refractivity contribution in [1.29, 1.82) is 0 Å². The predicted molar refractivity (Wildman–Crippen MR) is 246 cm³/mol. The van der Waals surface area contributed by atoms with Crippen molar-refractivity contribution in [3.8, 4) is 0 Å². The second kappa shape index (κ2) is 25.2. The molecule has 0 aliphatic carbocycles. The molecule has 2 aliphatic heterocycles. The lowest BCUT2D eigenvalue weighted by atomic mass is 9.97. The molecule has 2 fully saturated rings. The van der Waals surface area contributed by atoms with Gasteiger partial charge in [-0.1, -0.05) is 56.3 Å². The molecule has 2 aromatic carbocycles. The number of carboxylic acids is 2. The van der Waals surface area contributed by atoms with Gasteiger partial charge in [-0.2, -0.15) is 0 Å². The number of benzene rings is 2. The first-order chi connectivity index (χ1) is 31.7. The number of carboxylic acid groups (broad SMARTS) is 2. The Labute approximate surface area is 388 Å². The third-order valence-corrected chi connectivity index (χ3v) is 11.7.